The minimum atomic E-state index is -0.216. The lowest BCUT2D eigenvalue weighted by Crippen LogP contribution is -2.40. The Hall–Kier alpha value is -0.500. The number of rotatable bonds is 10. The zero-order valence-corrected chi connectivity index (χ0v) is 15.0. The zero-order valence-electron chi connectivity index (χ0n) is 15.0. The predicted octanol–water partition coefficient (Wildman–Crippen LogP) is 5.57. The first-order chi connectivity index (χ1) is 9.50. The van der Waals surface area contributed by atoms with E-state index >= 15 is 0 Å². The lowest BCUT2D eigenvalue weighted by Gasteiger charge is -2.40. The molecule has 1 unspecified atom stereocenters. The highest BCUT2D eigenvalue weighted by Gasteiger charge is 2.38. The summed E-state index contributed by atoms with van der Waals surface area (Å²) in [7, 11) is 3.65. The predicted molar refractivity (Wildman–Crippen MR) is 87.9 cm³/mol. The largest absolute Gasteiger partial charge is 0.501 e. The average Bonchev–Trinajstić information content (AvgIpc) is 2.48. The van der Waals surface area contributed by atoms with E-state index in [1.165, 1.54) is 5.57 Å². The van der Waals surface area contributed by atoms with Crippen molar-refractivity contribution in [3.8, 4) is 0 Å². The van der Waals surface area contributed by atoms with Crippen LogP contribution in [0.25, 0.3) is 0 Å². The third-order valence-corrected chi connectivity index (χ3v) is 5.02. The van der Waals surface area contributed by atoms with Gasteiger partial charge in [-0.1, -0.05) is 47.5 Å². The fourth-order valence-corrected chi connectivity index (χ4v) is 3.57. The lowest BCUT2D eigenvalue weighted by atomic mass is 9.76. The van der Waals surface area contributed by atoms with Crippen LogP contribution in [-0.2, 0) is 9.47 Å². The molecule has 0 fully saturated rings. The molecular formula is C18H36O2. The van der Waals surface area contributed by atoms with Gasteiger partial charge in [0.25, 0.3) is 0 Å². The van der Waals surface area contributed by atoms with Crippen LogP contribution in [0, 0.1) is 11.8 Å². The van der Waals surface area contributed by atoms with Crippen molar-refractivity contribution in [2.75, 3.05) is 14.2 Å². The number of ether oxygens (including phenoxy) is 2. The SMILES string of the molecule is CC/C(=C(/OC)C(CC)CC)C(C)(OC)C(CC)CC. The van der Waals surface area contributed by atoms with Gasteiger partial charge < -0.3 is 9.47 Å². The van der Waals surface area contributed by atoms with Crippen LogP contribution in [0.2, 0.25) is 0 Å². The molecule has 0 aromatic carbocycles. The molecule has 0 aliphatic carbocycles. The summed E-state index contributed by atoms with van der Waals surface area (Å²) in [6, 6.07) is 0. The van der Waals surface area contributed by atoms with Crippen LogP contribution < -0.4 is 0 Å². The molecule has 0 aliphatic rings. The number of allylic oxidation sites excluding steroid dienone is 1. The van der Waals surface area contributed by atoms with E-state index in [0.29, 0.717) is 11.8 Å². The molecule has 0 radical (unpaired) electrons. The lowest BCUT2D eigenvalue weighted by molar-refractivity contribution is -0.0226. The highest BCUT2D eigenvalue weighted by atomic mass is 16.5. The van der Waals surface area contributed by atoms with E-state index < -0.39 is 0 Å². The van der Waals surface area contributed by atoms with Crippen LogP contribution in [-0.4, -0.2) is 19.8 Å². The maximum Gasteiger partial charge on any atom is 0.101 e. The molecule has 0 aromatic rings. The Balaban J connectivity index is 5.88. The normalized spacial score (nSPS) is 16.3. The molecule has 0 amide bonds. The zero-order chi connectivity index (χ0) is 15.8. The van der Waals surface area contributed by atoms with E-state index in [2.05, 4.69) is 41.5 Å². The minimum absolute atomic E-state index is 0.216. The van der Waals surface area contributed by atoms with Gasteiger partial charge in [-0.25, -0.2) is 0 Å². The highest BCUT2D eigenvalue weighted by Crippen LogP contribution is 2.40. The van der Waals surface area contributed by atoms with Gasteiger partial charge in [0.1, 0.15) is 5.76 Å². The van der Waals surface area contributed by atoms with Crippen molar-refractivity contribution in [1.29, 1.82) is 0 Å². The molecule has 2 nitrogen and oxygen atoms in total. The first kappa shape index (κ1) is 19.5. The Morgan fingerprint density at radius 1 is 0.900 bits per heavy atom. The molecule has 0 spiro atoms. The molecular weight excluding hydrogens is 248 g/mol. The van der Waals surface area contributed by atoms with Crippen molar-refractivity contribution >= 4 is 0 Å². The van der Waals surface area contributed by atoms with Gasteiger partial charge in [0, 0.05) is 13.0 Å². The summed E-state index contributed by atoms with van der Waals surface area (Å²) >= 11 is 0. The van der Waals surface area contributed by atoms with Gasteiger partial charge in [-0.15, -0.1) is 0 Å². The second-order valence-electron chi connectivity index (χ2n) is 5.74. The van der Waals surface area contributed by atoms with E-state index in [-0.39, 0.29) is 5.60 Å². The third-order valence-electron chi connectivity index (χ3n) is 5.02. The Bertz CT molecular complexity index is 288. The first-order valence-corrected chi connectivity index (χ1v) is 8.32. The fraction of sp³-hybridized carbons (Fsp3) is 0.889. The van der Waals surface area contributed by atoms with Gasteiger partial charge in [-0.3, -0.25) is 0 Å². The monoisotopic (exact) mass is 284 g/mol. The molecule has 0 rings (SSSR count). The van der Waals surface area contributed by atoms with Gasteiger partial charge in [0.05, 0.1) is 12.7 Å². The number of hydrogen-bond donors (Lipinski definition) is 0. The molecule has 0 heterocycles. The molecule has 0 saturated heterocycles. The van der Waals surface area contributed by atoms with Gasteiger partial charge >= 0.3 is 0 Å². The van der Waals surface area contributed by atoms with E-state index in [1.807, 2.05) is 14.2 Å². The molecule has 2 heteroatoms. The molecule has 0 saturated carbocycles. The van der Waals surface area contributed by atoms with Crippen molar-refractivity contribution in [2.24, 2.45) is 11.8 Å². The second kappa shape index (κ2) is 9.44. The smallest absolute Gasteiger partial charge is 0.101 e. The molecule has 120 valence electrons. The Morgan fingerprint density at radius 2 is 1.40 bits per heavy atom. The first-order valence-electron chi connectivity index (χ1n) is 8.32. The Labute approximate surface area is 126 Å². The summed E-state index contributed by atoms with van der Waals surface area (Å²) in [6.45, 7) is 13.4. The van der Waals surface area contributed by atoms with Crippen LogP contribution >= 0.6 is 0 Å². The highest BCUT2D eigenvalue weighted by molar-refractivity contribution is 5.23. The molecule has 0 bridgehead atoms. The van der Waals surface area contributed by atoms with Crippen molar-refractivity contribution < 1.29 is 9.47 Å². The van der Waals surface area contributed by atoms with Gasteiger partial charge in [-0.05, 0) is 37.7 Å². The maximum absolute atomic E-state index is 6.02. The maximum atomic E-state index is 6.02. The van der Waals surface area contributed by atoms with Crippen molar-refractivity contribution in [1.82, 2.24) is 0 Å². The van der Waals surface area contributed by atoms with E-state index in [1.54, 1.807) is 0 Å². The fourth-order valence-electron chi connectivity index (χ4n) is 3.57. The minimum Gasteiger partial charge on any atom is -0.501 e. The summed E-state index contributed by atoms with van der Waals surface area (Å²) in [5.41, 5.74) is 1.14. The molecule has 0 aliphatic heterocycles. The van der Waals surface area contributed by atoms with Crippen LogP contribution in [0.4, 0.5) is 0 Å². The molecule has 20 heavy (non-hydrogen) atoms. The van der Waals surface area contributed by atoms with Crippen molar-refractivity contribution in [2.45, 2.75) is 79.2 Å². The third kappa shape index (κ3) is 4.00. The second-order valence-corrected chi connectivity index (χ2v) is 5.74. The number of methoxy groups -OCH3 is 2. The van der Waals surface area contributed by atoms with Gasteiger partial charge in [0.15, 0.2) is 0 Å². The Kier molecular flexibility index (Phi) is 9.20. The van der Waals surface area contributed by atoms with E-state index in [4.69, 9.17) is 9.47 Å². The molecule has 0 aromatic heterocycles. The quantitative estimate of drug-likeness (QED) is 0.488. The summed E-state index contributed by atoms with van der Waals surface area (Å²) in [5, 5.41) is 0. The van der Waals surface area contributed by atoms with Crippen molar-refractivity contribution in [3.05, 3.63) is 11.3 Å². The molecule has 1 atom stereocenters. The standard InChI is InChI=1S/C18H36O2/c1-9-14(10-2)17(19-7)16(13-5)18(6,20-8)15(11-3)12-4/h14-15H,9-13H2,1-8H3/b17-16-. The van der Waals surface area contributed by atoms with Crippen LogP contribution in [0.1, 0.15) is 73.6 Å². The van der Waals surface area contributed by atoms with Crippen LogP contribution in [0.15, 0.2) is 11.3 Å². The van der Waals surface area contributed by atoms with Gasteiger partial charge in [0.2, 0.25) is 0 Å². The van der Waals surface area contributed by atoms with Crippen molar-refractivity contribution in [3.63, 3.8) is 0 Å². The summed E-state index contributed by atoms with van der Waals surface area (Å²) in [6.07, 6.45) is 5.48. The van der Waals surface area contributed by atoms with E-state index in [0.717, 1.165) is 37.9 Å². The van der Waals surface area contributed by atoms with Crippen LogP contribution in [0.5, 0.6) is 0 Å². The summed E-state index contributed by atoms with van der Waals surface area (Å²) < 4.78 is 11.9. The summed E-state index contributed by atoms with van der Waals surface area (Å²) in [5.74, 6) is 2.19. The topological polar surface area (TPSA) is 18.5 Å². The Morgan fingerprint density at radius 3 is 1.65 bits per heavy atom. The summed E-state index contributed by atoms with van der Waals surface area (Å²) in [4.78, 5) is 0. The van der Waals surface area contributed by atoms with Crippen LogP contribution in [0.3, 0.4) is 0 Å². The van der Waals surface area contributed by atoms with Gasteiger partial charge in [-0.2, -0.15) is 0 Å². The average molecular weight is 284 g/mol. The number of hydrogen-bond acceptors (Lipinski definition) is 2. The van der Waals surface area contributed by atoms with E-state index in [9.17, 15) is 0 Å². The molecule has 0 N–H and O–H groups in total.